The molecule has 0 fully saturated rings. The van der Waals surface area contributed by atoms with Crippen molar-refractivity contribution in [2.45, 2.75) is 13.0 Å². The molecule has 0 aliphatic carbocycles. The lowest BCUT2D eigenvalue weighted by atomic mass is 10.1. The van der Waals surface area contributed by atoms with Crippen LogP contribution in [-0.4, -0.2) is 31.2 Å². The molecule has 3 amide bonds. The van der Waals surface area contributed by atoms with E-state index in [1.807, 2.05) is 0 Å². The summed E-state index contributed by atoms with van der Waals surface area (Å²) in [5, 5.41) is 4.62. The molecule has 2 aromatic rings. The van der Waals surface area contributed by atoms with Crippen LogP contribution in [0.2, 0.25) is 0 Å². The van der Waals surface area contributed by atoms with E-state index in [2.05, 4.69) is 10.6 Å². The van der Waals surface area contributed by atoms with Crippen molar-refractivity contribution in [2.24, 2.45) is 0 Å². The first kappa shape index (κ1) is 19.9. The quantitative estimate of drug-likeness (QED) is 0.575. The van der Waals surface area contributed by atoms with Gasteiger partial charge in [-0.1, -0.05) is 36.4 Å². The second-order valence-electron chi connectivity index (χ2n) is 6.02. The van der Waals surface area contributed by atoms with Crippen molar-refractivity contribution in [1.29, 1.82) is 0 Å². The molecule has 0 aromatic heterocycles. The van der Waals surface area contributed by atoms with E-state index >= 15 is 0 Å². The van der Waals surface area contributed by atoms with Crippen molar-refractivity contribution in [3.05, 3.63) is 65.7 Å². The van der Waals surface area contributed by atoms with E-state index in [4.69, 9.17) is 14.2 Å². The molecule has 2 aromatic carbocycles. The Labute approximate surface area is 167 Å². The summed E-state index contributed by atoms with van der Waals surface area (Å²) in [6.45, 7) is 2.23. The number of benzene rings is 2. The van der Waals surface area contributed by atoms with Crippen molar-refractivity contribution < 1.29 is 28.6 Å². The second kappa shape index (κ2) is 9.41. The number of ether oxygens (including phenoxy) is 3. The highest BCUT2D eigenvalue weighted by Gasteiger charge is 2.25. The standard InChI is InChI=1S/C21H20N2O6/c1-2-22-21(26)23-20(25)19(15-6-4-3-5-7-15)29-18(24)11-9-14-8-10-16-17(12-14)28-13-27-16/h3-12,19H,2,13H2,1H3,(H2,22,23,25,26)/b11-9+. The van der Waals surface area contributed by atoms with Crippen LogP contribution in [0.3, 0.4) is 0 Å². The monoisotopic (exact) mass is 396 g/mol. The molecule has 29 heavy (non-hydrogen) atoms. The molecule has 0 radical (unpaired) electrons. The van der Waals surface area contributed by atoms with Crippen LogP contribution in [0.15, 0.2) is 54.6 Å². The summed E-state index contributed by atoms with van der Waals surface area (Å²) in [5.41, 5.74) is 1.15. The Balaban J connectivity index is 1.70. The van der Waals surface area contributed by atoms with Crippen molar-refractivity contribution in [2.75, 3.05) is 13.3 Å². The number of fused-ring (bicyclic) bond motifs is 1. The van der Waals surface area contributed by atoms with Crippen molar-refractivity contribution in [3.8, 4) is 11.5 Å². The molecule has 1 heterocycles. The van der Waals surface area contributed by atoms with Crippen LogP contribution in [-0.2, 0) is 14.3 Å². The SMILES string of the molecule is CCNC(=O)NC(=O)C(OC(=O)/C=C/c1ccc2c(c1)OCO2)c1ccccc1. The fourth-order valence-electron chi connectivity index (χ4n) is 2.62. The number of hydrogen-bond donors (Lipinski definition) is 2. The molecule has 1 atom stereocenters. The third-order valence-corrected chi connectivity index (χ3v) is 3.96. The highest BCUT2D eigenvalue weighted by molar-refractivity contribution is 5.98. The van der Waals surface area contributed by atoms with Gasteiger partial charge in [0.15, 0.2) is 11.5 Å². The van der Waals surface area contributed by atoms with Gasteiger partial charge in [0, 0.05) is 18.2 Å². The van der Waals surface area contributed by atoms with E-state index in [9.17, 15) is 14.4 Å². The summed E-state index contributed by atoms with van der Waals surface area (Å²) >= 11 is 0. The van der Waals surface area contributed by atoms with Crippen molar-refractivity contribution in [1.82, 2.24) is 10.6 Å². The van der Waals surface area contributed by atoms with E-state index in [1.165, 1.54) is 12.2 Å². The summed E-state index contributed by atoms with van der Waals surface area (Å²) in [6.07, 6.45) is 1.47. The Bertz CT molecular complexity index is 926. The number of hydrogen-bond acceptors (Lipinski definition) is 6. The molecule has 8 nitrogen and oxygen atoms in total. The summed E-state index contributed by atoms with van der Waals surface area (Å²) in [7, 11) is 0. The smallest absolute Gasteiger partial charge is 0.331 e. The minimum atomic E-state index is -1.27. The number of urea groups is 1. The van der Waals surface area contributed by atoms with Crippen molar-refractivity contribution in [3.63, 3.8) is 0 Å². The second-order valence-corrected chi connectivity index (χ2v) is 6.02. The van der Waals surface area contributed by atoms with E-state index in [0.717, 1.165) is 0 Å². The average molecular weight is 396 g/mol. The number of carbonyl (C=O) groups excluding carboxylic acids is 3. The van der Waals surface area contributed by atoms with E-state index in [-0.39, 0.29) is 6.79 Å². The lowest BCUT2D eigenvalue weighted by Crippen LogP contribution is -2.42. The zero-order chi connectivity index (χ0) is 20.6. The summed E-state index contributed by atoms with van der Waals surface area (Å²) < 4.78 is 15.9. The molecule has 0 saturated carbocycles. The van der Waals surface area contributed by atoms with Crippen LogP contribution >= 0.6 is 0 Å². The van der Waals surface area contributed by atoms with Gasteiger partial charge in [-0.25, -0.2) is 9.59 Å². The van der Waals surface area contributed by atoms with Gasteiger partial charge in [-0.05, 0) is 30.7 Å². The molecule has 2 N–H and O–H groups in total. The third-order valence-electron chi connectivity index (χ3n) is 3.96. The number of rotatable bonds is 6. The van der Waals surface area contributed by atoms with E-state index in [0.29, 0.717) is 29.2 Å². The fraction of sp³-hybridized carbons (Fsp3) is 0.190. The van der Waals surface area contributed by atoms with Crippen LogP contribution in [0, 0.1) is 0 Å². The maximum absolute atomic E-state index is 12.5. The summed E-state index contributed by atoms with van der Waals surface area (Å²) in [4.78, 5) is 36.4. The van der Waals surface area contributed by atoms with Gasteiger partial charge >= 0.3 is 12.0 Å². The molecule has 1 aliphatic heterocycles. The lowest BCUT2D eigenvalue weighted by molar-refractivity contribution is -0.151. The topological polar surface area (TPSA) is 103 Å². The largest absolute Gasteiger partial charge is 0.454 e. The summed E-state index contributed by atoms with van der Waals surface area (Å²) in [6, 6.07) is 13.0. The predicted molar refractivity (Wildman–Crippen MR) is 104 cm³/mol. The molecule has 0 spiro atoms. The van der Waals surface area contributed by atoms with Gasteiger partial charge < -0.3 is 19.5 Å². The molecule has 1 unspecified atom stereocenters. The minimum Gasteiger partial charge on any atom is -0.454 e. The van der Waals surface area contributed by atoms with Crippen LogP contribution < -0.4 is 20.1 Å². The number of carbonyl (C=O) groups is 3. The maximum atomic E-state index is 12.5. The Morgan fingerprint density at radius 1 is 1.10 bits per heavy atom. The Kier molecular flexibility index (Phi) is 6.47. The van der Waals surface area contributed by atoms with Gasteiger partial charge in [0.25, 0.3) is 5.91 Å². The highest BCUT2D eigenvalue weighted by Crippen LogP contribution is 2.32. The molecule has 8 heteroatoms. The van der Waals surface area contributed by atoms with Crippen LogP contribution in [0.5, 0.6) is 11.5 Å². The fourth-order valence-corrected chi connectivity index (χ4v) is 2.62. The molecule has 1 aliphatic rings. The van der Waals surface area contributed by atoms with Gasteiger partial charge in [0.2, 0.25) is 12.9 Å². The molecule has 0 saturated heterocycles. The maximum Gasteiger partial charge on any atom is 0.331 e. The van der Waals surface area contributed by atoms with E-state index < -0.39 is 24.0 Å². The van der Waals surface area contributed by atoms with Crippen LogP contribution in [0.25, 0.3) is 6.08 Å². The number of nitrogens with one attached hydrogen (secondary N) is 2. The molecule has 3 rings (SSSR count). The Morgan fingerprint density at radius 2 is 1.86 bits per heavy atom. The normalized spacial score (nSPS) is 13.0. The first-order valence-corrected chi connectivity index (χ1v) is 8.99. The van der Waals surface area contributed by atoms with Gasteiger partial charge in [0.1, 0.15) is 0 Å². The van der Waals surface area contributed by atoms with Crippen LogP contribution in [0.4, 0.5) is 4.79 Å². The van der Waals surface area contributed by atoms with Gasteiger partial charge in [-0.3, -0.25) is 10.1 Å². The number of imide groups is 1. The zero-order valence-corrected chi connectivity index (χ0v) is 15.7. The van der Waals surface area contributed by atoms with E-state index in [1.54, 1.807) is 55.5 Å². The number of esters is 1. The molecular weight excluding hydrogens is 376 g/mol. The zero-order valence-electron chi connectivity index (χ0n) is 15.7. The first-order valence-electron chi connectivity index (χ1n) is 8.99. The third kappa shape index (κ3) is 5.35. The average Bonchev–Trinajstić information content (AvgIpc) is 3.19. The van der Waals surface area contributed by atoms with Gasteiger partial charge in [-0.2, -0.15) is 0 Å². The Hall–Kier alpha value is -3.81. The minimum absolute atomic E-state index is 0.157. The first-order chi connectivity index (χ1) is 14.1. The van der Waals surface area contributed by atoms with Gasteiger partial charge in [-0.15, -0.1) is 0 Å². The van der Waals surface area contributed by atoms with Gasteiger partial charge in [0.05, 0.1) is 0 Å². The molecular formula is C21H20N2O6. The predicted octanol–water partition coefficient (Wildman–Crippen LogP) is 2.56. The lowest BCUT2D eigenvalue weighted by Gasteiger charge is -2.16. The molecule has 0 bridgehead atoms. The Morgan fingerprint density at radius 3 is 2.62 bits per heavy atom. The van der Waals surface area contributed by atoms with Crippen molar-refractivity contribution >= 4 is 24.0 Å². The molecule has 150 valence electrons. The number of amides is 3. The summed E-state index contributed by atoms with van der Waals surface area (Å²) in [5.74, 6) is -0.255. The van der Waals surface area contributed by atoms with Crippen LogP contribution in [0.1, 0.15) is 24.2 Å². The highest BCUT2D eigenvalue weighted by atomic mass is 16.7.